The van der Waals surface area contributed by atoms with E-state index in [0.29, 0.717) is 18.2 Å². The van der Waals surface area contributed by atoms with E-state index in [9.17, 15) is 10.5 Å². The predicted molar refractivity (Wildman–Crippen MR) is 109 cm³/mol. The van der Waals surface area contributed by atoms with Crippen molar-refractivity contribution in [2.45, 2.75) is 43.8 Å². The summed E-state index contributed by atoms with van der Waals surface area (Å²) in [5.41, 5.74) is 1.76. The van der Waals surface area contributed by atoms with Crippen LogP contribution in [-0.2, 0) is 12.0 Å². The summed E-state index contributed by atoms with van der Waals surface area (Å²) in [7, 11) is 1.64. The van der Waals surface area contributed by atoms with Gasteiger partial charge in [0.05, 0.1) is 19.2 Å². The number of nitrogens with one attached hydrogen (secondary N) is 2. The first-order chi connectivity index (χ1) is 13.6. The van der Waals surface area contributed by atoms with Crippen LogP contribution in [0.4, 0.5) is 0 Å². The minimum atomic E-state index is -1.17. The number of ether oxygens (including phenoxy) is 1. The van der Waals surface area contributed by atoms with Crippen molar-refractivity contribution < 1.29 is 4.74 Å². The molecule has 1 saturated heterocycles. The molecule has 0 amide bonds. The second-order valence-electron chi connectivity index (χ2n) is 7.35. The van der Waals surface area contributed by atoms with Gasteiger partial charge in [-0.3, -0.25) is 0 Å². The molecule has 0 radical (unpaired) electrons. The van der Waals surface area contributed by atoms with E-state index in [1.165, 1.54) is 5.56 Å². The molecule has 5 nitrogen and oxygen atoms in total. The van der Waals surface area contributed by atoms with E-state index < -0.39 is 5.41 Å². The molecule has 0 saturated carbocycles. The van der Waals surface area contributed by atoms with E-state index in [4.69, 9.17) is 4.74 Å². The van der Waals surface area contributed by atoms with Crippen molar-refractivity contribution in [3.05, 3.63) is 65.2 Å². The highest BCUT2D eigenvalue weighted by Gasteiger charge is 2.28. The van der Waals surface area contributed by atoms with Crippen LogP contribution in [0.15, 0.2) is 48.5 Å². The molecular formula is C23H26N4O. The SMILES string of the molecule is COc1ccc(C(C)(C#N)C#N)cc1CN[C@H]1CCCN[C@H]1c1ccccc1. The zero-order valence-electron chi connectivity index (χ0n) is 16.4. The Morgan fingerprint density at radius 1 is 1.18 bits per heavy atom. The van der Waals surface area contributed by atoms with Crippen LogP contribution >= 0.6 is 0 Å². The van der Waals surface area contributed by atoms with E-state index in [-0.39, 0.29) is 6.04 Å². The zero-order chi connectivity index (χ0) is 20.0. The Kier molecular flexibility index (Phi) is 6.31. The fourth-order valence-electron chi connectivity index (χ4n) is 3.74. The first-order valence-electron chi connectivity index (χ1n) is 9.63. The first-order valence-corrected chi connectivity index (χ1v) is 9.63. The summed E-state index contributed by atoms with van der Waals surface area (Å²) in [4.78, 5) is 0. The third kappa shape index (κ3) is 4.17. The van der Waals surface area contributed by atoms with Gasteiger partial charge in [0.2, 0.25) is 0 Å². The summed E-state index contributed by atoms with van der Waals surface area (Å²) < 4.78 is 5.51. The lowest BCUT2D eigenvalue weighted by Crippen LogP contribution is -2.45. The smallest absolute Gasteiger partial charge is 0.165 e. The molecule has 1 fully saturated rings. The van der Waals surface area contributed by atoms with Gasteiger partial charge < -0.3 is 15.4 Å². The maximum Gasteiger partial charge on any atom is 0.165 e. The molecule has 0 aliphatic carbocycles. The van der Waals surface area contributed by atoms with Gasteiger partial charge in [-0.15, -0.1) is 0 Å². The Morgan fingerprint density at radius 3 is 2.61 bits per heavy atom. The van der Waals surface area contributed by atoms with Crippen LogP contribution in [0.25, 0.3) is 0 Å². The fraction of sp³-hybridized carbons (Fsp3) is 0.391. The molecule has 0 unspecified atom stereocenters. The number of piperidine rings is 1. The van der Waals surface area contributed by atoms with Crippen LogP contribution in [0.2, 0.25) is 0 Å². The van der Waals surface area contributed by atoms with Gasteiger partial charge in [-0.05, 0) is 49.6 Å². The van der Waals surface area contributed by atoms with Gasteiger partial charge in [0.15, 0.2) is 5.41 Å². The van der Waals surface area contributed by atoms with Crippen LogP contribution in [0, 0.1) is 22.7 Å². The number of nitrogens with zero attached hydrogens (tertiary/aromatic N) is 2. The van der Waals surface area contributed by atoms with Crippen molar-refractivity contribution in [3.63, 3.8) is 0 Å². The molecule has 0 aromatic heterocycles. The predicted octanol–water partition coefficient (Wildman–Crippen LogP) is 3.58. The van der Waals surface area contributed by atoms with Crippen molar-refractivity contribution >= 4 is 0 Å². The van der Waals surface area contributed by atoms with Crippen molar-refractivity contribution in [1.29, 1.82) is 10.5 Å². The normalized spacial score (nSPS) is 19.4. The Balaban J connectivity index is 1.81. The fourth-order valence-corrected chi connectivity index (χ4v) is 3.74. The highest BCUT2D eigenvalue weighted by molar-refractivity contribution is 5.46. The van der Waals surface area contributed by atoms with Crippen LogP contribution in [0.5, 0.6) is 5.75 Å². The summed E-state index contributed by atoms with van der Waals surface area (Å²) in [6.07, 6.45) is 2.21. The third-order valence-electron chi connectivity index (χ3n) is 5.48. The van der Waals surface area contributed by atoms with Crippen LogP contribution < -0.4 is 15.4 Å². The summed E-state index contributed by atoms with van der Waals surface area (Å²) in [5.74, 6) is 0.759. The van der Waals surface area contributed by atoms with Gasteiger partial charge in [0.1, 0.15) is 5.75 Å². The number of hydrogen-bond donors (Lipinski definition) is 2. The molecular weight excluding hydrogens is 348 g/mol. The van der Waals surface area contributed by atoms with Crippen molar-refractivity contribution in [2.24, 2.45) is 0 Å². The van der Waals surface area contributed by atoms with Gasteiger partial charge in [-0.1, -0.05) is 36.4 Å². The third-order valence-corrected chi connectivity index (χ3v) is 5.48. The highest BCUT2D eigenvalue weighted by Crippen LogP contribution is 2.29. The maximum absolute atomic E-state index is 9.42. The molecule has 1 heterocycles. The summed E-state index contributed by atoms with van der Waals surface area (Å²) in [6, 6.07) is 20.8. The second-order valence-corrected chi connectivity index (χ2v) is 7.35. The van der Waals surface area contributed by atoms with E-state index in [0.717, 1.165) is 30.7 Å². The van der Waals surface area contributed by atoms with Crippen molar-refractivity contribution in [1.82, 2.24) is 10.6 Å². The summed E-state index contributed by atoms with van der Waals surface area (Å²) in [6.45, 7) is 3.27. The molecule has 28 heavy (non-hydrogen) atoms. The molecule has 3 rings (SSSR count). The minimum Gasteiger partial charge on any atom is -0.496 e. The van der Waals surface area contributed by atoms with Gasteiger partial charge in [0, 0.05) is 24.2 Å². The van der Waals surface area contributed by atoms with Gasteiger partial charge >= 0.3 is 0 Å². The van der Waals surface area contributed by atoms with E-state index in [2.05, 4.69) is 47.0 Å². The minimum absolute atomic E-state index is 0.257. The molecule has 2 aromatic rings. The molecule has 0 bridgehead atoms. The van der Waals surface area contributed by atoms with E-state index in [1.807, 2.05) is 18.2 Å². The number of methoxy groups -OCH3 is 1. The molecule has 2 aromatic carbocycles. The zero-order valence-corrected chi connectivity index (χ0v) is 16.4. The van der Waals surface area contributed by atoms with Gasteiger partial charge in [-0.2, -0.15) is 10.5 Å². The molecule has 2 atom stereocenters. The second kappa shape index (κ2) is 8.89. The first kappa shape index (κ1) is 19.9. The molecule has 5 heteroatoms. The largest absolute Gasteiger partial charge is 0.496 e. The topological polar surface area (TPSA) is 80.9 Å². The number of hydrogen-bond acceptors (Lipinski definition) is 5. The molecule has 0 spiro atoms. The molecule has 1 aliphatic heterocycles. The van der Waals surface area contributed by atoms with E-state index >= 15 is 0 Å². The highest BCUT2D eigenvalue weighted by atomic mass is 16.5. The number of benzene rings is 2. The standard InChI is InChI=1S/C23H26N4O/c1-23(15-24,16-25)19-10-11-21(28-2)18(13-19)14-27-20-9-6-12-26-22(20)17-7-4-3-5-8-17/h3-5,7-8,10-11,13,20,22,26-27H,6,9,12,14H2,1-2H3/t20-,22-/m0/s1. The molecule has 144 valence electrons. The molecule has 1 aliphatic rings. The number of nitriles is 2. The lowest BCUT2D eigenvalue weighted by atomic mass is 9.84. The Morgan fingerprint density at radius 2 is 1.93 bits per heavy atom. The Bertz CT molecular complexity index is 868. The quantitative estimate of drug-likeness (QED) is 0.808. The average Bonchev–Trinajstić information content (AvgIpc) is 2.77. The maximum atomic E-state index is 9.42. The van der Waals surface area contributed by atoms with Crippen LogP contribution in [0.1, 0.15) is 42.5 Å². The van der Waals surface area contributed by atoms with E-state index in [1.54, 1.807) is 20.1 Å². The van der Waals surface area contributed by atoms with Gasteiger partial charge in [-0.25, -0.2) is 0 Å². The lowest BCUT2D eigenvalue weighted by molar-refractivity contribution is 0.303. The average molecular weight is 374 g/mol. The summed E-state index contributed by atoms with van der Waals surface area (Å²) >= 11 is 0. The lowest BCUT2D eigenvalue weighted by Gasteiger charge is -2.34. The van der Waals surface area contributed by atoms with Crippen molar-refractivity contribution in [2.75, 3.05) is 13.7 Å². The van der Waals surface area contributed by atoms with Crippen molar-refractivity contribution in [3.8, 4) is 17.9 Å². The van der Waals surface area contributed by atoms with Gasteiger partial charge in [0.25, 0.3) is 0 Å². The number of rotatable bonds is 6. The summed E-state index contributed by atoms with van der Waals surface area (Å²) in [5, 5.41) is 26.1. The monoisotopic (exact) mass is 374 g/mol. The Labute approximate surface area is 166 Å². The molecule has 2 N–H and O–H groups in total. The Hall–Kier alpha value is -2.86. The van der Waals surface area contributed by atoms with Crippen LogP contribution in [0.3, 0.4) is 0 Å². The van der Waals surface area contributed by atoms with Crippen LogP contribution in [-0.4, -0.2) is 19.7 Å².